The Kier molecular flexibility index (Phi) is 6.42. The molecule has 0 spiro atoms. The van der Waals surface area contributed by atoms with Gasteiger partial charge in [0.1, 0.15) is 17.3 Å². The molecule has 8 heteroatoms. The summed E-state index contributed by atoms with van der Waals surface area (Å²) in [5.74, 6) is 0.0842. The Bertz CT molecular complexity index is 858. The number of benzene rings is 2. The van der Waals surface area contributed by atoms with Gasteiger partial charge in [-0.1, -0.05) is 22.0 Å². The highest BCUT2D eigenvalue weighted by Crippen LogP contribution is 2.30. The van der Waals surface area contributed by atoms with Gasteiger partial charge in [-0.3, -0.25) is 0 Å². The molecule has 25 heavy (non-hydrogen) atoms. The molecule has 0 bridgehead atoms. The molecule has 136 valence electrons. The van der Waals surface area contributed by atoms with Crippen LogP contribution in [-0.2, 0) is 15.8 Å². The zero-order valence-corrected chi connectivity index (χ0v) is 16.4. The van der Waals surface area contributed by atoms with Crippen molar-refractivity contribution in [3.8, 4) is 11.5 Å². The molecule has 2 aromatic carbocycles. The first-order chi connectivity index (χ1) is 11.8. The molecular weight excluding hydrogens is 413 g/mol. The monoisotopic (exact) mass is 431 g/mol. The van der Waals surface area contributed by atoms with E-state index in [2.05, 4.69) is 20.7 Å². The van der Waals surface area contributed by atoms with Crippen molar-refractivity contribution in [2.24, 2.45) is 0 Å². The average Bonchev–Trinajstić information content (AvgIpc) is 2.56. The van der Waals surface area contributed by atoms with Gasteiger partial charge < -0.3 is 9.47 Å². The molecule has 0 aliphatic carbocycles. The molecule has 5 nitrogen and oxygen atoms in total. The Morgan fingerprint density at radius 1 is 1.16 bits per heavy atom. The summed E-state index contributed by atoms with van der Waals surface area (Å²) in [7, 11) is -0.735. The quantitative estimate of drug-likeness (QED) is 0.724. The van der Waals surface area contributed by atoms with Crippen LogP contribution in [0.1, 0.15) is 24.1 Å². The number of hydrogen-bond donors (Lipinski definition) is 1. The third-order valence-electron chi connectivity index (χ3n) is 3.62. The van der Waals surface area contributed by atoms with E-state index in [9.17, 15) is 12.8 Å². The molecule has 0 fully saturated rings. The third kappa shape index (κ3) is 5.17. The molecule has 0 unspecified atom stereocenters. The van der Waals surface area contributed by atoms with E-state index in [1.807, 2.05) is 0 Å². The maximum absolute atomic E-state index is 13.9. The molecule has 0 heterocycles. The number of ether oxygens (including phenoxy) is 2. The van der Waals surface area contributed by atoms with Crippen LogP contribution in [0.4, 0.5) is 4.39 Å². The van der Waals surface area contributed by atoms with E-state index in [1.54, 1.807) is 31.2 Å². The average molecular weight is 432 g/mol. The molecule has 0 saturated carbocycles. The molecule has 1 N–H and O–H groups in total. The van der Waals surface area contributed by atoms with Crippen molar-refractivity contribution >= 4 is 26.0 Å². The first-order valence-corrected chi connectivity index (χ1v) is 9.86. The van der Waals surface area contributed by atoms with E-state index in [4.69, 9.17) is 9.47 Å². The fraction of sp³-hybridized carbons (Fsp3) is 0.294. The van der Waals surface area contributed by atoms with Gasteiger partial charge in [-0.2, -0.15) is 0 Å². The van der Waals surface area contributed by atoms with Crippen LogP contribution < -0.4 is 14.2 Å². The van der Waals surface area contributed by atoms with Crippen LogP contribution in [0.25, 0.3) is 0 Å². The number of nitrogens with one attached hydrogen (secondary N) is 1. The molecule has 0 aliphatic heterocycles. The second-order valence-electron chi connectivity index (χ2n) is 5.44. The Morgan fingerprint density at radius 3 is 2.48 bits per heavy atom. The van der Waals surface area contributed by atoms with Gasteiger partial charge in [-0.05, 0) is 37.3 Å². The van der Waals surface area contributed by atoms with Crippen LogP contribution in [0.3, 0.4) is 0 Å². The molecule has 1 atom stereocenters. The highest BCUT2D eigenvalue weighted by molar-refractivity contribution is 9.10. The number of rotatable bonds is 7. The van der Waals surface area contributed by atoms with Crippen molar-refractivity contribution in [1.29, 1.82) is 0 Å². The van der Waals surface area contributed by atoms with Gasteiger partial charge in [0.15, 0.2) is 0 Å². The van der Waals surface area contributed by atoms with Crippen LogP contribution in [-0.4, -0.2) is 22.6 Å². The van der Waals surface area contributed by atoms with Crippen LogP contribution in [0.15, 0.2) is 40.9 Å². The van der Waals surface area contributed by atoms with E-state index < -0.39 is 27.6 Å². The molecule has 0 aliphatic rings. The second-order valence-corrected chi connectivity index (χ2v) is 8.11. The summed E-state index contributed by atoms with van der Waals surface area (Å²) in [6.45, 7) is 1.69. The van der Waals surface area contributed by atoms with Crippen LogP contribution in [0.5, 0.6) is 11.5 Å². The molecule has 0 aromatic heterocycles. The highest BCUT2D eigenvalue weighted by atomic mass is 79.9. The maximum Gasteiger partial charge on any atom is 0.216 e. The second kappa shape index (κ2) is 8.16. The highest BCUT2D eigenvalue weighted by Gasteiger charge is 2.21. The van der Waals surface area contributed by atoms with Gasteiger partial charge in [-0.15, -0.1) is 0 Å². The summed E-state index contributed by atoms with van der Waals surface area (Å²) in [5.41, 5.74) is 0.724. The topological polar surface area (TPSA) is 64.6 Å². The molecular formula is C17H19BrFNO4S. The Labute approximate surface area is 155 Å². The summed E-state index contributed by atoms with van der Waals surface area (Å²) in [6, 6.07) is 8.82. The number of methoxy groups -OCH3 is 2. The number of sulfonamides is 1. The normalized spacial score (nSPS) is 12.7. The summed E-state index contributed by atoms with van der Waals surface area (Å²) in [4.78, 5) is 0. The predicted octanol–water partition coefficient (Wildman–Crippen LogP) is 3.79. The zero-order chi connectivity index (χ0) is 18.6. The smallest absolute Gasteiger partial charge is 0.216 e. The summed E-state index contributed by atoms with van der Waals surface area (Å²) < 4.78 is 52.3. The fourth-order valence-corrected chi connectivity index (χ4v) is 4.12. The molecule has 2 aromatic rings. The van der Waals surface area contributed by atoms with Crippen molar-refractivity contribution in [1.82, 2.24) is 4.72 Å². The van der Waals surface area contributed by atoms with E-state index in [-0.39, 0.29) is 5.56 Å². The Hall–Kier alpha value is -1.64. The summed E-state index contributed by atoms with van der Waals surface area (Å²) >= 11 is 3.15. The SMILES string of the molecule is COc1ccc(OC)c([C@H](C)NS(=O)(=O)Cc2ccc(Br)cc2F)c1. The lowest BCUT2D eigenvalue weighted by molar-refractivity contribution is 0.395. The zero-order valence-electron chi connectivity index (χ0n) is 14.0. The minimum atomic E-state index is -3.76. The first kappa shape index (κ1) is 19.7. The maximum atomic E-state index is 13.9. The van der Waals surface area contributed by atoms with E-state index in [0.717, 1.165) is 0 Å². The summed E-state index contributed by atoms with van der Waals surface area (Å²) in [6.07, 6.45) is 0. The van der Waals surface area contributed by atoms with Crippen LogP contribution in [0.2, 0.25) is 0 Å². The van der Waals surface area contributed by atoms with Crippen LogP contribution in [0, 0.1) is 5.82 Å². The van der Waals surface area contributed by atoms with Gasteiger partial charge >= 0.3 is 0 Å². The standard InChI is InChI=1S/C17H19BrFNO4S/c1-11(15-9-14(23-2)6-7-17(15)24-3)20-25(21,22)10-12-4-5-13(18)8-16(12)19/h4-9,11,20H,10H2,1-3H3/t11-/m0/s1. The van der Waals surface area contributed by atoms with Gasteiger partial charge in [0, 0.05) is 21.6 Å². The lowest BCUT2D eigenvalue weighted by Gasteiger charge is -2.18. The number of hydrogen-bond acceptors (Lipinski definition) is 4. The molecule has 0 saturated heterocycles. The lowest BCUT2D eigenvalue weighted by Crippen LogP contribution is -2.28. The Balaban J connectivity index is 2.22. The third-order valence-corrected chi connectivity index (χ3v) is 5.52. The largest absolute Gasteiger partial charge is 0.497 e. The van der Waals surface area contributed by atoms with Crippen molar-refractivity contribution in [2.75, 3.05) is 14.2 Å². The number of halogens is 2. The molecule has 2 rings (SSSR count). The lowest BCUT2D eigenvalue weighted by atomic mass is 10.1. The van der Waals surface area contributed by atoms with Crippen molar-refractivity contribution in [3.63, 3.8) is 0 Å². The van der Waals surface area contributed by atoms with Crippen molar-refractivity contribution < 1.29 is 22.3 Å². The van der Waals surface area contributed by atoms with Gasteiger partial charge in [0.05, 0.1) is 20.0 Å². The molecule has 0 amide bonds. The van der Waals surface area contributed by atoms with Gasteiger partial charge in [0.25, 0.3) is 0 Å². The van der Waals surface area contributed by atoms with Gasteiger partial charge in [0.2, 0.25) is 10.0 Å². The summed E-state index contributed by atoms with van der Waals surface area (Å²) in [5, 5.41) is 0. The van der Waals surface area contributed by atoms with Crippen molar-refractivity contribution in [3.05, 3.63) is 57.8 Å². The fourth-order valence-electron chi connectivity index (χ4n) is 2.40. The van der Waals surface area contributed by atoms with Crippen LogP contribution >= 0.6 is 15.9 Å². The van der Waals surface area contributed by atoms with E-state index in [1.165, 1.54) is 26.4 Å². The first-order valence-electron chi connectivity index (χ1n) is 7.41. The minimum Gasteiger partial charge on any atom is -0.497 e. The predicted molar refractivity (Wildman–Crippen MR) is 97.8 cm³/mol. The van der Waals surface area contributed by atoms with E-state index in [0.29, 0.717) is 21.5 Å². The van der Waals surface area contributed by atoms with Gasteiger partial charge in [-0.25, -0.2) is 17.5 Å². The Morgan fingerprint density at radius 2 is 1.88 bits per heavy atom. The molecule has 0 radical (unpaired) electrons. The minimum absolute atomic E-state index is 0.0977. The van der Waals surface area contributed by atoms with E-state index >= 15 is 0 Å². The van der Waals surface area contributed by atoms with Crippen molar-refractivity contribution in [2.45, 2.75) is 18.7 Å².